The van der Waals surface area contributed by atoms with E-state index in [-0.39, 0.29) is 30.4 Å². The molecule has 164 valence electrons. The Balaban J connectivity index is 0.00000300. The van der Waals surface area contributed by atoms with Crippen LogP contribution in [0.15, 0.2) is 6.07 Å². The molecule has 0 aromatic carbocycles. The molecule has 0 aliphatic carbocycles. The average molecular weight is 426 g/mol. The number of nitrogens with zero attached hydrogens (tertiary/aromatic N) is 3. The Bertz CT molecular complexity index is 761. The third-order valence-corrected chi connectivity index (χ3v) is 5.69. The molecule has 1 aliphatic rings. The zero-order chi connectivity index (χ0) is 19.9. The van der Waals surface area contributed by atoms with E-state index in [0.717, 1.165) is 51.2 Å². The molecule has 1 saturated heterocycles. The van der Waals surface area contributed by atoms with Gasteiger partial charge in [-0.1, -0.05) is 32.6 Å². The van der Waals surface area contributed by atoms with Gasteiger partial charge in [0, 0.05) is 12.6 Å². The lowest BCUT2D eigenvalue weighted by molar-refractivity contribution is 0.193. The summed E-state index contributed by atoms with van der Waals surface area (Å²) in [5, 5.41) is 14.5. The molecular weight excluding hydrogens is 390 g/mol. The second-order valence-electron chi connectivity index (χ2n) is 8.04. The molecule has 0 bridgehead atoms. The maximum Gasteiger partial charge on any atom is 0.320 e. The molecule has 3 rings (SSSR count). The smallest absolute Gasteiger partial charge is 0.320 e. The first-order valence-electron chi connectivity index (χ1n) is 10.8. The van der Waals surface area contributed by atoms with E-state index in [9.17, 15) is 5.11 Å². The number of nitrogens with one attached hydrogen (secondary N) is 1. The van der Waals surface area contributed by atoms with E-state index in [1.165, 1.54) is 25.7 Å². The van der Waals surface area contributed by atoms with Gasteiger partial charge in [-0.3, -0.25) is 4.57 Å². The van der Waals surface area contributed by atoms with Gasteiger partial charge in [0.05, 0.1) is 11.5 Å². The van der Waals surface area contributed by atoms with Crippen molar-refractivity contribution in [2.24, 2.45) is 5.92 Å². The summed E-state index contributed by atoms with van der Waals surface area (Å²) in [6.45, 7) is 7.17. The lowest BCUT2D eigenvalue weighted by Gasteiger charge is -2.22. The molecule has 0 saturated carbocycles. The van der Waals surface area contributed by atoms with Gasteiger partial charge in [0.1, 0.15) is 5.82 Å². The first-order valence-corrected chi connectivity index (χ1v) is 10.8. The number of nitrogen functional groups attached to an aromatic ring is 1. The number of halogens is 1. The molecule has 1 fully saturated rings. The highest BCUT2D eigenvalue weighted by atomic mass is 35.5. The topological polar surface area (TPSA) is 98.2 Å². The fourth-order valence-corrected chi connectivity index (χ4v) is 4.08. The van der Waals surface area contributed by atoms with Crippen molar-refractivity contribution in [2.45, 2.75) is 77.9 Å². The van der Waals surface area contributed by atoms with Crippen molar-refractivity contribution >= 4 is 29.3 Å². The third-order valence-electron chi connectivity index (χ3n) is 5.69. The molecule has 0 amide bonds. The number of ether oxygens (including phenoxy) is 1. The van der Waals surface area contributed by atoms with E-state index in [4.69, 9.17) is 10.5 Å². The van der Waals surface area contributed by atoms with E-state index in [1.807, 2.05) is 11.5 Å². The zero-order valence-corrected chi connectivity index (χ0v) is 18.5. The van der Waals surface area contributed by atoms with Crippen molar-refractivity contribution in [1.29, 1.82) is 0 Å². The standard InChI is InChI=1S/C21H35N5O2.ClH/c1-3-7-15(2)28-21-24-19(22)17-14-18(27)26(20(17)25-21)13-6-4-5-8-16-9-11-23-12-10-16;/h14-16,23,27H,3-13H2,1-2H3,(H2,22,24,25);1H/t15-;/m0./s1. The molecule has 1 atom stereocenters. The number of piperidine rings is 1. The number of unbranched alkanes of at least 4 members (excludes halogenated alkanes) is 2. The molecule has 7 nitrogen and oxygen atoms in total. The number of aromatic nitrogens is 3. The lowest BCUT2D eigenvalue weighted by Crippen LogP contribution is -2.27. The number of anilines is 1. The van der Waals surface area contributed by atoms with Gasteiger partial charge in [0.2, 0.25) is 0 Å². The van der Waals surface area contributed by atoms with E-state index in [2.05, 4.69) is 22.2 Å². The summed E-state index contributed by atoms with van der Waals surface area (Å²) in [6, 6.07) is 1.94. The van der Waals surface area contributed by atoms with E-state index >= 15 is 0 Å². The molecule has 0 spiro atoms. The Morgan fingerprint density at radius 3 is 2.76 bits per heavy atom. The summed E-state index contributed by atoms with van der Waals surface area (Å²) in [5.74, 6) is 1.41. The van der Waals surface area contributed by atoms with Crippen molar-refractivity contribution in [2.75, 3.05) is 18.8 Å². The number of fused-ring (bicyclic) bond motifs is 1. The Kier molecular flexibility index (Phi) is 9.30. The van der Waals surface area contributed by atoms with Gasteiger partial charge in [-0.2, -0.15) is 9.97 Å². The minimum Gasteiger partial charge on any atom is -0.494 e. The van der Waals surface area contributed by atoms with Crippen LogP contribution in [-0.4, -0.2) is 38.8 Å². The highest BCUT2D eigenvalue weighted by Crippen LogP contribution is 2.29. The van der Waals surface area contributed by atoms with Crippen molar-refractivity contribution in [3.63, 3.8) is 0 Å². The van der Waals surface area contributed by atoms with Gasteiger partial charge in [0.15, 0.2) is 11.5 Å². The van der Waals surface area contributed by atoms with Gasteiger partial charge < -0.3 is 20.9 Å². The van der Waals surface area contributed by atoms with Gasteiger partial charge >= 0.3 is 6.01 Å². The van der Waals surface area contributed by atoms with Crippen LogP contribution in [0, 0.1) is 5.92 Å². The molecule has 1 aliphatic heterocycles. The van der Waals surface area contributed by atoms with Crippen molar-refractivity contribution in [3.05, 3.63) is 6.07 Å². The van der Waals surface area contributed by atoms with Crippen LogP contribution < -0.4 is 15.8 Å². The second kappa shape index (κ2) is 11.5. The molecule has 0 unspecified atom stereocenters. The second-order valence-corrected chi connectivity index (χ2v) is 8.04. The Morgan fingerprint density at radius 1 is 1.28 bits per heavy atom. The molecule has 2 aromatic heterocycles. The fraction of sp³-hybridized carbons (Fsp3) is 0.714. The molecular formula is C21H36ClN5O2. The van der Waals surface area contributed by atoms with Crippen LogP contribution in [0.3, 0.4) is 0 Å². The zero-order valence-electron chi connectivity index (χ0n) is 17.7. The molecule has 29 heavy (non-hydrogen) atoms. The molecule has 3 heterocycles. The normalized spacial score (nSPS) is 15.9. The van der Waals surface area contributed by atoms with Crippen molar-refractivity contribution < 1.29 is 9.84 Å². The summed E-state index contributed by atoms with van der Waals surface area (Å²) < 4.78 is 7.64. The van der Waals surface area contributed by atoms with E-state index in [0.29, 0.717) is 16.9 Å². The predicted molar refractivity (Wildman–Crippen MR) is 120 cm³/mol. The monoisotopic (exact) mass is 425 g/mol. The van der Waals surface area contributed by atoms with Crippen LogP contribution in [0.1, 0.15) is 65.2 Å². The Hall–Kier alpha value is -1.73. The number of aromatic hydroxyl groups is 1. The van der Waals surface area contributed by atoms with Crippen LogP contribution in [0.25, 0.3) is 11.0 Å². The van der Waals surface area contributed by atoms with E-state index in [1.54, 1.807) is 6.07 Å². The Morgan fingerprint density at radius 2 is 2.03 bits per heavy atom. The predicted octanol–water partition coefficient (Wildman–Crippen LogP) is 4.27. The summed E-state index contributed by atoms with van der Waals surface area (Å²) in [6.07, 6.45) is 9.32. The van der Waals surface area contributed by atoms with Gasteiger partial charge in [-0.05, 0) is 51.6 Å². The number of nitrogens with two attached hydrogens (primary N) is 1. The first kappa shape index (κ1) is 23.5. The summed E-state index contributed by atoms with van der Waals surface area (Å²) in [4.78, 5) is 8.79. The third kappa shape index (κ3) is 6.37. The van der Waals surface area contributed by atoms with Crippen molar-refractivity contribution in [1.82, 2.24) is 19.9 Å². The molecule has 8 heteroatoms. The summed E-state index contributed by atoms with van der Waals surface area (Å²) >= 11 is 0. The molecule has 0 radical (unpaired) electrons. The lowest BCUT2D eigenvalue weighted by atomic mass is 9.92. The quantitative estimate of drug-likeness (QED) is 0.491. The van der Waals surface area contributed by atoms with Crippen LogP contribution in [0.2, 0.25) is 0 Å². The first-order chi connectivity index (χ1) is 13.6. The highest BCUT2D eigenvalue weighted by molar-refractivity contribution is 5.88. The SMILES string of the molecule is CCC[C@H](C)Oc1nc(N)c2cc(O)n(CCCCCC3CCNCC3)c2n1.Cl. The van der Waals surface area contributed by atoms with E-state index < -0.39 is 0 Å². The number of rotatable bonds is 10. The largest absolute Gasteiger partial charge is 0.494 e. The minimum absolute atomic E-state index is 0. The Labute approximate surface area is 179 Å². The van der Waals surface area contributed by atoms with Crippen LogP contribution in [-0.2, 0) is 6.54 Å². The minimum atomic E-state index is 0. The number of hydrogen-bond donors (Lipinski definition) is 3. The fourth-order valence-electron chi connectivity index (χ4n) is 4.08. The number of aryl methyl sites for hydroxylation is 1. The van der Waals surface area contributed by atoms with Crippen molar-refractivity contribution in [3.8, 4) is 11.9 Å². The summed E-state index contributed by atoms with van der Waals surface area (Å²) in [5.41, 5.74) is 6.74. The highest BCUT2D eigenvalue weighted by Gasteiger charge is 2.16. The maximum atomic E-state index is 10.4. The molecule has 2 aromatic rings. The summed E-state index contributed by atoms with van der Waals surface area (Å²) in [7, 11) is 0. The van der Waals surface area contributed by atoms with Crippen LogP contribution in [0.5, 0.6) is 11.9 Å². The van der Waals surface area contributed by atoms with Crippen LogP contribution in [0.4, 0.5) is 5.82 Å². The van der Waals surface area contributed by atoms with Gasteiger partial charge in [-0.15, -0.1) is 12.4 Å². The average Bonchev–Trinajstić information content (AvgIpc) is 2.99. The number of hydrogen-bond acceptors (Lipinski definition) is 6. The molecule has 4 N–H and O–H groups in total. The maximum absolute atomic E-state index is 10.4. The van der Waals surface area contributed by atoms with Gasteiger partial charge in [-0.25, -0.2) is 0 Å². The van der Waals surface area contributed by atoms with Gasteiger partial charge in [0.25, 0.3) is 0 Å². The van der Waals surface area contributed by atoms with Crippen LogP contribution >= 0.6 is 12.4 Å².